The summed E-state index contributed by atoms with van der Waals surface area (Å²) in [6, 6.07) is 1.10. The summed E-state index contributed by atoms with van der Waals surface area (Å²) in [5.74, 6) is -4.37. The Morgan fingerprint density at radius 3 is 2.52 bits per heavy atom. The molecule has 14 nitrogen and oxygen atoms in total. The summed E-state index contributed by atoms with van der Waals surface area (Å²) in [5.41, 5.74) is -1.66. The molecule has 3 heterocycles. The smallest absolute Gasteiger partial charge is 0.425 e. The van der Waals surface area contributed by atoms with Crippen molar-refractivity contribution in [2.75, 3.05) is 13.7 Å². The zero-order valence-corrected chi connectivity index (χ0v) is 32.0. The molecule has 8 atom stereocenters. The third-order valence-corrected chi connectivity index (χ3v) is 12.7. The third-order valence-electron chi connectivity index (χ3n) is 10.9. The lowest BCUT2D eigenvalue weighted by atomic mass is 9.88. The number of carbonyl (C=O) groups excluding carboxylic acids is 4. The number of pyridine rings is 1. The molecule has 3 fully saturated rings. The first-order valence-electron chi connectivity index (χ1n) is 18.5. The van der Waals surface area contributed by atoms with E-state index in [0.29, 0.717) is 44.4 Å². The first-order chi connectivity index (χ1) is 26.3. The zero-order chi connectivity index (χ0) is 40.7. The highest BCUT2D eigenvalue weighted by Crippen LogP contribution is 2.46. The van der Waals surface area contributed by atoms with Crippen molar-refractivity contribution in [3.8, 4) is 11.6 Å². The van der Waals surface area contributed by atoms with Gasteiger partial charge in [-0.25, -0.2) is 22.6 Å². The number of nitrogens with zero attached hydrogens (tertiary/aromatic N) is 2. The van der Waals surface area contributed by atoms with Gasteiger partial charge in [-0.1, -0.05) is 26.0 Å². The molecule has 56 heavy (non-hydrogen) atoms. The van der Waals surface area contributed by atoms with Gasteiger partial charge in [-0.05, 0) is 69.4 Å². The number of aromatic nitrogens is 1. The van der Waals surface area contributed by atoms with Crippen LogP contribution in [0.5, 0.6) is 11.6 Å². The molecule has 0 bridgehead atoms. The number of nitrogens with one attached hydrogen (secondary N) is 3. The molecule has 1 saturated heterocycles. The molecule has 2 aliphatic heterocycles. The maximum atomic E-state index is 14.6. The quantitative estimate of drug-likeness (QED) is 0.257. The van der Waals surface area contributed by atoms with Crippen LogP contribution in [0.2, 0.25) is 0 Å². The molecule has 306 valence electrons. The van der Waals surface area contributed by atoms with Crippen LogP contribution in [0.3, 0.4) is 0 Å². The summed E-state index contributed by atoms with van der Waals surface area (Å²) in [4.78, 5) is 61.0. The minimum Gasteiger partial charge on any atom is -0.496 e. The van der Waals surface area contributed by atoms with Gasteiger partial charge in [-0.2, -0.15) is 13.2 Å². The predicted octanol–water partition coefficient (Wildman–Crippen LogP) is 4.27. The summed E-state index contributed by atoms with van der Waals surface area (Å²) in [7, 11) is -2.64. The number of hydrogen-bond acceptors (Lipinski definition) is 10. The Morgan fingerprint density at radius 2 is 1.84 bits per heavy atom. The highest BCUT2D eigenvalue weighted by Gasteiger charge is 2.62. The molecule has 1 aromatic heterocycles. The fourth-order valence-corrected chi connectivity index (χ4v) is 8.86. The molecule has 6 rings (SSSR count). The van der Waals surface area contributed by atoms with Crippen LogP contribution in [-0.4, -0.2) is 97.0 Å². The number of fused-ring (bicyclic) bond motifs is 3. The average molecular weight is 812 g/mol. The summed E-state index contributed by atoms with van der Waals surface area (Å²) in [6.07, 6.45) is -2.72. The Hall–Kier alpha value is -4.68. The maximum Gasteiger partial charge on any atom is 0.425 e. The average Bonchev–Trinajstić information content (AvgIpc) is 4.05. The fraction of sp³-hybridized carbons (Fsp3) is 0.595. The molecule has 2 saturated carbocycles. The molecule has 4 aliphatic rings. The van der Waals surface area contributed by atoms with Gasteiger partial charge in [0.05, 0.1) is 24.3 Å². The van der Waals surface area contributed by atoms with Gasteiger partial charge in [-0.3, -0.25) is 19.1 Å². The molecule has 2 aromatic rings. The van der Waals surface area contributed by atoms with Crippen LogP contribution >= 0.6 is 0 Å². The second-order valence-corrected chi connectivity index (χ2v) is 17.2. The number of rotatable bonds is 8. The van der Waals surface area contributed by atoms with Crippen molar-refractivity contribution < 1.29 is 59.4 Å². The van der Waals surface area contributed by atoms with Crippen LogP contribution < -0.4 is 24.8 Å². The number of allylic oxidation sites excluding steroid dienone is 1. The molecule has 3 N–H and O–H groups in total. The number of sulfonamides is 1. The molecule has 4 amide bonds. The van der Waals surface area contributed by atoms with E-state index in [9.17, 15) is 45.2 Å². The van der Waals surface area contributed by atoms with Crippen LogP contribution in [0.1, 0.15) is 65.7 Å². The van der Waals surface area contributed by atoms with Crippen molar-refractivity contribution in [3.05, 3.63) is 42.4 Å². The van der Waals surface area contributed by atoms with E-state index in [1.165, 1.54) is 25.4 Å². The van der Waals surface area contributed by atoms with Gasteiger partial charge >= 0.3 is 12.3 Å². The van der Waals surface area contributed by atoms with Crippen molar-refractivity contribution in [2.45, 2.75) is 107 Å². The minimum absolute atomic E-state index is 0.0454. The van der Waals surface area contributed by atoms with E-state index in [1.807, 2.05) is 13.0 Å². The first kappa shape index (κ1) is 41.0. The van der Waals surface area contributed by atoms with E-state index in [2.05, 4.69) is 25.1 Å². The van der Waals surface area contributed by atoms with Gasteiger partial charge < -0.3 is 29.7 Å². The monoisotopic (exact) mass is 811 g/mol. The fourth-order valence-electron chi connectivity index (χ4n) is 7.50. The molecule has 0 radical (unpaired) electrons. The van der Waals surface area contributed by atoms with Crippen molar-refractivity contribution in [1.82, 2.24) is 25.2 Å². The summed E-state index contributed by atoms with van der Waals surface area (Å²) >= 11 is 0. The van der Waals surface area contributed by atoms with Gasteiger partial charge in [-0.15, -0.1) is 0 Å². The van der Waals surface area contributed by atoms with E-state index in [0.717, 1.165) is 4.90 Å². The van der Waals surface area contributed by atoms with Crippen LogP contribution in [0.4, 0.5) is 22.4 Å². The Kier molecular flexibility index (Phi) is 11.5. The highest BCUT2D eigenvalue weighted by atomic mass is 32.2. The van der Waals surface area contributed by atoms with E-state index < -0.39 is 92.7 Å². The zero-order valence-electron chi connectivity index (χ0n) is 31.2. The van der Waals surface area contributed by atoms with Crippen LogP contribution in [0, 0.1) is 23.6 Å². The topological polar surface area (TPSA) is 182 Å². The number of alkyl halides is 3. The predicted molar refractivity (Wildman–Crippen MR) is 192 cm³/mol. The van der Waals surface area contributed by atoms with E-state index in [-0.39, 0.29) is 42.3 Å². The van der Waals surface area contributed by atoms with Crippen molar-refractivity contribution >= 4 is 44.6 Å². The number of amides is 4. The lowest BCUT2D eigenvalue weighted by molar-refractivity contribution is -0.197. The molecular weight excluding hydrogens is 766 g/mol. The second kappa shape index (κ2) is 15.7. The van der Waals surface area contributed by atoms with Crippen molar-refractivity contribution in [1.29, 1.82) is 0 Å². The molecule has 0 spiro atoms. The highest BCUT2D eigenvalue weighted by molar-refractivity contribution is 7.91. The Morgan fingerprint density at radius 1 is 1.11 bits per heavy atom. The van der Waals surface area contributed by atoms with Gasteiger partial charge in [0.2, 0.25) is 27.7 Å². The second-order valence-electron chi connectivity index (χ2n) is 15.3. The summed E-state index contributed by atoms with van der Waals surface area (Å²) in [5, 5.41) is 5.02. The number of hydrogen-bond donors (Lipinski definition) is 3. The van der Waals surface area contributed by atoms with Gasteiger partial charge in [0.25, 0.3) is 5.91 Å². The van der Waals surface area contributed by atoms with Crippen LogP contribution in [0.15, 0.2) is 36.5 Å². The van der Waals surface area contributed by atoms with Crippen molar-refractivity contribution in [2.24, 2.45) is 17.8 Å². The molecule has 19 heteroatoms. The third kappa shape index (κ3) is 8.81. The standard InChI is InChI=1S/C37H45F4N5O9S/c1-19-7-5-6-8-22-17-36(22,34(49)45-56(51,52)25-9-10-25)44-31(47)28-16-24(55-32-27-14-23(38)15-29(53-4)26(27)11-12-42-32)18-46(28)33(48)30(20(2)13-19)43-35(50)54-21(3)37(39,40)41/h6,8,11-12,14-15,19-22,24-25,28,30H,5,7,9-10,13,16-18H2,1-4H3,(H,43,50)(H,44,47)(H,45,49)/t19-,20+,21+,22+,24+,28-,30-,36+/m0/s1. The molecule has 2 aliphatic carbocycles. The lowest BCUT2D eigenvalue weighted by Gasteiger charge is -2.33. The number of methoxy groups -OCH3 is 1. The minimum atomic E-state index is -4.87. The Labute approximate surface area is 321 Å². The van der Waals surface area contributed by atoms with E-state index >= 15 is 0 Å². The number of carbonyl (C=O) groups is 4. The molecular formula is C37H45F4N5O9S. The largest absolute Gasteiger partial charge is 0.496 e. The molecule has 1 aromatic carbocycles. The Bertz CT molecular complexity index is 2010. The Balaban J connectivity index is 1.35. The van der Waals surface area contributed by atoms with Crippen LogP contribution in [0.25, 0.3) is 10.8 Å². The summed E-state index contributed by atoms with van der Waals surface area (Å²) < 4.78 is 98.5. The first-order valence-corrected chi connectivity index (χ1v) is 20.1. The van der Waals surface area contributed by atoms with Gasteiger partial charge in [0, 0.05) is 30.0 Å². The van der Waals surface area contributed by atoms with Gasteiger partial charge in [0.1, 0.15) is 35.3 Å². The lowest BCUT2D eigenvalue weighted by Crippen LogP contribution is -2.59. The number of ether oxygens (including phenoxy) is 3. The van der Waals surface area contributed by atoms with Crippen LogP contribution in [-0.2, 0) is 29.1 Å². The van der Waals surface area contributed by atoms with E-state index in [1.54, 1.807) is 19.1 Å². The SMILES string of the molecule is COc1cc(F)cc2c(O[C@@H]3C[C@H]4C(=O)N[C@]5(C(=O)NS(=O)(=O)C6CC6)C[C@H]5C=CCC[C@H](C)C[C@@H](C)[C@H](NC(=O)O[C@H](C)C(F)(F)F)C(=O)N4C3)nccc12. The number of alkyl carbamates (subject to hydrolysis) is 1. The normalized spacial score (nSPS) is 29.2. The van der Waals surface area contributed by atoms with Gasteiger partial charge in [0.15, 0.2) is 6.10 Å². The summed E-state index contributed by atoms with van der Waals surface area (Å²) in [6.45, 7) is 3.91. The maximum absolute atomic E-state index is 14.6. The number of benzene rings is 1. The molecule has 0 unspecified atom stereocenters. The van der Waals surface area contributed by atoms with Crippen molar-refractivity contribution in [3.63, 3.8) is 0 Å². The number of halogens is 4. The van der Waals surface area contributed by atoms with E-state index in [4.69, 9.17) is 9.47 Å².